The van der Waals surface area contributed by atoms with Gasteiger partial charge in [-0.3, -0.25) is 9.59 Å². The minimum Gasteiger partial charge on any atom is -0.492 e. The predicted octanol–water partition coefficient (Wildman–Crippen LogP) is 2.28. The van der Waals surface area contributed by atoms with Gasteiger partial charge in [0.15, 0.2) is 29.6 Å². The summed E-state index contributed by atoms with van der Waals surface area (Å²) in [4.78, 5) is 34.8. The maximum Gasteiger partial charge on any atom is 0.317 e. The summed E-state index contributed by atoms with van der Waals surface area (Å²) in [5.41, 5.74) is 8.34. The number of unbranched alkanes of at least 4 members (excludes halogenated alkanes) is 2. The molecule has 0 aromatic heterocycles. The number of carbonyl (C=O) groups is 2. The number of benzene rings is 2. The summed E-state index contributed by atoms with van der Waals surface area (Å²) in [6.07, 6.45) is -3.49. The Hall–Kier alpha value is -3.90. The van der Waals surface area contributed by atoms with E-state index in [-0.39, 0.29) is 51.6 Å². The highest BCUT2D eigenvalue weighted by atomic mass is 17.2. The number of rotatable bonds is 18. The first-order valence-corrected chi connectivity index (χ1v) is 17.3. The molecule has 280 valence electrons. The van der Waals surface area contributed by atoms with E-state index in [0.717, 1.165) is 41.7 Å². The Labute approximate surface area is 294 Å². The zero-order chi connectivity index (χ0) is 35.9. The number of carboxylic acids is 1. The molecule has 4 aliphatic rings. The van der Waals surface area contributed by atoms with Gasteiger partial charge in [-0.15, -0.1) is 0 Å². The first-order valence-electron chi connectivity index (χ1n) is 17.3. The number of aliphatic carboxylic acids is 1. The Morgan fingerprint density at radius 1 is 0.961 bits per heavy atom. The van der Waals surface area contributed by atoms with Gasteiger partial charge in [-0.25, -0.2) is 0 Å². The first-order chi connectivity index (χ1) is 24.8. The highest BCUT2D eigenvalue weighted by molar-refractivity contribution is 5.90. The van der Waals surface area contributed by atoms with Crippen LogP contribution in [0.3, 0.4) is 0 Å². The fourth-order valence-corrected chi connectivity index (χ4v) is 6.61. The van der Waals surface area contributed by atoms with E-state index < -0.39 is 55.7 Å². The predicted molar refractivity (Wildman–Crippen MR) is 174 cm³/mol. The van der Waals surface area contributed by atoms with Gasteiger partial charge in [0.05, 0.1) is 19.1 Å². The fraction of sp³-hybridized carbons (Fsp3) is 0.600. The van der Waals surface area contributed by atoms with Crippen molar-refractivity contribution in [2.75, 3.05) is 46.4 Å². The van der Waals surface area contributed by atoms with Crippen molar-refractivity contribution in [3.63, 3.8) is 0 Å². The number of hydrogen-bond acceptors (Lipinski definition) is 15. The maximum absolute atomic E-state index is 12.0. The second kappa shape index (κ2) is 17.1. The Balaban J connectivity index is 1.23. The molecule has 1 saturated heterocycles. The SMILES string of the molecule is CCCCCc1cc(OO[C@@H]2[C@H](OCCN)O[C@H](COC(=O)CC(=O)O)[C@@H](OCCCO)[C@@H]2O)cc2c1OC[C@H]1c3cc4c(cc3O[C@H]21)OCO4. The molecule has 0 bridgehead atoms. The highest BCUT2D eigenvalue weighted by Crippen LogP contribution is 2.55. The lowest BCUT2D eigenvalue weighted by Gasteiger charge is -2.42. The quantitative estimate of drug-likeness (QED) is 0.0572. The van der Waals surface area contributed by atoms with E-state index in [9.17, 15) is 19.8 Å². The zero-order valence-electron chi connectivity index (χ0n) is 28.4. The van der Waals surface area contributed by atoms with Crippen LogP contribution >= 0.6 is 0 Å². The minimum atomic E-state index is -1.45. The van der Waals surface area contributed by atoms with Crippen LogP contribution in [0.25, 0.3) is 0 Å². The van der Waals surface area contributed by atoms with Gasteiger partial charge >= 0.3 is 11.9 Å². The van der Waals surface area contributed by atoms with E-state index in [1.807, 2.05) is 18.2 Å². The lowest BCUT2D eigenvalue weighted by Crippen LogP contribution is -2.61. The van der Waals surface area contributed by atoms with Crippen LogP contribution < -0.4 is 29.6 Å². The smallest absolute Gasteiger partial charge is 0.317 e. The van der Waals surface area contributed by atoms with Crippen molar-refractivity contribution < 1.29 is 72.6 Å². The van der Waals surface area contributed by atoms with E-state index in [1.54, 1.807) is 6.07 Å². The number of hydrogen-bond donors (Lipinski definition) is 4. The van der Waals surface area contributed by atoms with Gasteiger partial charge in [-0.1, -0.05) is 19.8 Å². The minimum absolute atomic E-state index is 0.0248. The van der Waals surface area contributed by atoms with Crippen molar-refractivity contribution in [1.29, 1.82) is 0 Å². The van der Waals surface area contributed by atoms with Crippen LogP contribution in [0.1, 0.15) is 67.7 Å². The van der Waals surface area contributed by atoms with Gasteiger partial charge in [0.25, 0.3) is 0 Å². The highest BCUT2D eigenvalue weighted by Gasteiger charge is 2.49. The van der Waals surface area contributed by atoms with Gasteiger partial charge in [-0.2, -0.15) is 4.89 Å². The van der Waals surface area contributed by atoms with E-state index in [1.165, 1.54) is 0 Å². The van der Waals surface area contributed by atoms with Crippen molar-refractivity contribution in [2.45, 2.75) is 88.2 Å². The Morgan fingerprint density at radius 3 is 2.55 bits per heavy atom. The Bertz CT molecular complexity index is 1520. The lowest BCUT2D eigenvalue weighted by atomic mass is 9.87. The number of esters is 1. The molecule has 2 aromatic rings. The standard InChI is InChI=1S/C35H45NO15/c1-2-3-4-6-19-11-20(12-22-31(19)45-16-23-21-13-25-26(47-18-46-25)14-24(21)48-32(22)23)50-51-34-30(41)33(42-9-5-8-37)27(49-35(34)43-10-7-36)17-44-29(40)15-28(38)39/h11-14,23,27,30,32-35,37,41H,2-10,15-18,36H2,1H3,(H,38,39)/t23-,27+,30-,32+,33+,34-,35+/m0/s1. The molecule has 0 radical (unpaired) electrons. The van der Waals surface area contributed by atoms with Crippen LogP contribution in [0.15, 0.2) is 24.3 Å². The molecule has 51 heavy (non-hydrogen) atoms. The molecular weight excluding hydrogens is 674 g/mol. The van der Waals surface area contributed by atoms with Crippen LogP contribution in [-0.4, -0.2) is 104 Å². The molecule has 16 heteroatoms. The number of fused-ring (bicyclic) bond motifs is 6. The van der Waals surface area contributed by atoms with Gasteiger partial charge < -0.3 is 63.8 Å². The van der Waals surface area contributed by atoms with E-state index in [4.69, 9.17) is 58.5 Å². The van der Waals surface area contributed by atoms with Crippen LogP contribution in [0.5, 0.6) is 28.7 Å². The molecular formula is C35H45NO15. The second-order valence-electron chi connectivity index (χ2n) is 12.7. The normalized spacial score (nSPS) is 25.6. The number of aliphatic hydroxyl groups excluding tert-OH is 2. The first kappa shape index (κ1) is 36.9. The topological polar surface area (TPSA) is 213 Å². The van der Waals surface area contributed by atoms with Gasteiger partial charge in [0.2, 0.25) is 6.79 Å². The third-order valence-corrected chi connectivity index (χ3v) is 9.04. The number of carboxylic acid groups (broad SMARTS) is 1. The Kier molecular flexibility index (Phi) is 12.3. The summed E-state index contributed by atoms with van der Waals surface area (Å²) >= 11 is 0. The summed E-state index contributed by atoms with van der Waals surface area (Å²) in [5.74, 6) is 0.572. The molecule has 0 spiro atoms. The molecule has 6 rings (SSSR count). The van der Waals surface area contributed by atoms with Crippen molar-refractivity contribution in [3.8, 4) is 28.7 Å². The number of carbonyl (C=O) groups excluding carboxylic acids is 1. The van der Waals surface area contributed by atoms with Crippen LogP contribution in [-0.2, 0) is 39.8 Å². The maximum atomic E-state index is 12.0. The van der Waals surface area contributed by atoms with E-state index in [2.05, 4.69) is 6.92 Å². The summed E-state index contributed by atoms with van der Waals surface area (Å²) in [6.45, 7) is 2.26. The van der Waals surface area contributed by atoms with E-state index >= 15 is 0 Å². The number of aliphatic hydroxyl groups is 2. The Morgan fingerprint density at radius 2 is 1.78 bits per heavy atom. The van der Waals surface area contributed by atoms with Crippen LogP contribution in [0, 0.1) is 0 Å². The summed E-state index contributed by atoms with van der Waals surface area (Å²) < 4.78 is 46.9. The van der Waals surface area contributed by atoms with Crippen molar-refractivity contribution in [1.82, 2.24) is 0 Å². The average molecular weight is 720 g/mol. The van der Waals surface area contributed by atoms with Crippen molar-refractivity contribution in [2.24, 2.45) is 5.73 Å². The van der Waals surface area contributed by atoms with Crippen LogP contribution in [0.4, 0.5) is 0 Å². The molecule has 16 nitrogen and oxygen atoms in total. The third kappa shape index (κ3) is 8.43. The molecule has 0 unspecified atom stereocenters. The molecule has 4 heterocycles. The van der Waals surface area contributed by atoms with Crippen LogP contribution in [0.2, 0.25) is 0 Å². The number of aryl methyl sites for hydroxylation is 1. The summed E-state index contributed by atoms with van der Waals surface area (Å²) in [5, 5.41) is 29.8. The second-order valence-corrected chi connectivity index (χ2v) is 12.7. The average Bonchev–Trinajstić information content (AvgIpc) is 3.73. The van der Waals surface area contributed by atoms with Crippen molar-refractivity contribution >= 4 is 11.9 Å². The molecule has 7 atom stereocenters. The summed E-state index contributed by atoms with van der Waals surface area (Å²) in [7, 11) is 0. The zero-order valence-corrected chi connectivity index (χ0v) is 28.4. The summed E-state index contributed by atoms with van der Waals surface area (Å²) in [6, 6.07) is 7.40. The molecule has 4 aliphatic heterocycles. The molecule has 5 N–H and O–H groups in total. The van der Waals surface area contributed by atoms with E-state index in [0.29, 0.717) is 36.0 Å². The number of ether oxygens (including phenoxy) is 8. The van der Waals surface area contributed by atoms with Gasteiger partial charge in [0.1, 0.15) is 48.9 Å². The monoisotopic (exact) mass is 719 g/mol. The third-order valence-electron chi connectivity index (χ3n) is 9.04. The molecule has 0 amide bonds. The molecule has 1 fully saturated rings. The van der Waals surface area contributed by atoms with Gasteiger partial charge in [-0.05, 0) is 43.0 Å². The fourth-order valence-electron chi connectivity index (χ4n) is 6.61. The molecule has 0 saturated carbocycles. The van der Waals surface area contributed by atoms with Crippen molar-refractivity contribution in [3.05, 3.63) is 41.0 Å². The lowest BCUT2D eigenvalue weighted by molar-refractivity contribution is -0.375. The largest absolute Gasteiger partial charge is 0.492 e. The number of nitrogens with two attached hydrogens (primary N) is 1. The van der Waals surface area contributed by atoms with Gasteiger partial charge in [0, 0.05) is 37.0 Å². The molecule has 0 aliphatic carbocycles. The molecule has 2 aromatic carbocycles.